The quantitative estimate of drug-likeness (QED) is 0.0294. The van der Waals surface area contributed by atoms with Crippen LogP contribution in [0.15, 0.2) is 176 Å². The van der Waals surface area contributed by atoms with E-state index in [1.165, 1.54) is 21.3 Å². The van der Waals surface area contributed by atoms with Crippen LogP contribution in [0.2, 0.25) is 12.6 Å². The maximum absolute atomic E-state index is 18.4. The van der Waals surface area contributed by atoms with Crippen molar-refractivity contribution in [2.24, 2.45) is 0 Å². The van der Waals surface area contributed by atoms with E-state index in [0.29, 0.717) is 17.2 Å². The van der Waals surface area contributed by atoms with Crippen LogP contribution in [0.3, 0.4) is 0 Å². The van der Waals surface area contributed by atoms with Crippen LogP contribution in [-0.2, 0) is 28.9 Å². The van der Waals surface area contributed by atoms with Crippen molar-refractivity contribution in [1.29, 1.82) is 5.26 Å². The molecule has 0 radical (unpaired) electrons. The Labute approximate surface area is 466 Å². The first kappa shape index (κ1) is 54.4. The van der Waals surface area contributed by atoms with Crippen LogP contribution in [0.25, 0.3) is 11.2 Å². The average molecular weight is 1110 g/mol. The number of nitrogens with zero attached hydrogens (tertiary/aromatic N) is 6. The topological polar surface area (TPSA) is 174 Å². The highest BCUT2D eigenvalue weighted by Gasteiger charge is 2.55. The fourth-order valence-corrected chi connectivity index (χ4v) is 17.1. The second-order valence-electron chi connectivity index (χ2n) is 20.0. The van der Waals surface area contributed by atoms with Crippen molar-refractivity contribution >= 4 is 50.0 Å². The number of halogens is 1. The lowest BCUT2D eigenvalue weighted by Gasteiger charge is -2.37. The summed E-state index contributed by atoms with van der Waals surface area (Å²) in [6, 6.07) is 58.5. The lowest BCUT2D eigenvalue weighted by molar-refractivity contribution is -0.118. The first-order valence-corrected chi connectivity index (χ1v) is 30.5. The Morgan fingerprint density at radius 2 is 1.39 bits per heavy atom. The van der Waals surface area contributed by atoms with Crippen molar-refractivity contribution in [1.82, 2.24) is 24.2 Å². The summed E-state index contributed by atoms with van der Waals surface area (Å²) in [5, 5.41) is 14.7. The molecule has 3 aliphatic rings. The fourth-order valence-electron chi connectivity index (χ4n) is 11.1. The molecule has 1 amide bonds. The highest BCUT2D eigenvalue weighted by Crippen LogP contribution is 2.59. The van der Waals surface area contributed by atoms with Crippen LogP contribution in [0.5, 0.6) is 23.1 Å². The standard InChI is InChI=1S/C61H61FN7O9PSi/c1-71-45-31-27-43(28-32-45)61(42-18-8-4-9-19-42,44-29-33-46(72-2)34-30-44)75-38-51-56(78-79-69-36-16-26-50(69)52(77-79)40-80(3,48-22-12-6-13-23-48)49-24-14-7-15-25-49)54(62)59(76-51)68-41-64-55-57(68)66-60(67-58(55)73-37-17-35-63)65-53(70)39-74-47-20-10-5-11-21-47/h4-15,18-25,27-34,41,50-52,54,56,59H,16-17,26,36-40H2,1-3H3,(H,65,66,67,70)/t50-,51-,52+,54-,56-,59-,79-/m1/s1. The zero-order chi connectivity index (χ0) is 55.1. The minimum atomic E-state index is -2.41. The third-order valence-electron chi connectivity index (χ3n) is 15.2. The van der Waals surface area contributed by atoms with Crippen LogP contribution in [-0.4, -0.2) is 109 Å². The summed E-state index contributed by atoms with van der Waals surface area (Å²) < 4.78 is 73.8. The van der Waals surface area contributed by atoms with E-state index in [2.05, 4.69) is 81.1 Å². The molecular weight excluding hydrogens is 1050 g/mol. The number of aromatic nitrogens is 4. The number of imidazole rings is 1. The molecule has 3 fully saturated rings. The van der Waals surface area contributed by atoms with Crippen molar-refractivity contribution in [3.8, 4) is 29.2 Å². The molecule has 8 aromatic rings. The van der Waals surface area contributed by atoms with Gasteiger partial charge in [0.25, 0.3) is 14.4 Å². The number of nitrogens with one attached hydrogen (secondary N) is 1. The van der Waals surface area contributed by atoms with Crippen LogP contribution in [0.4, 0.5) is 10.3 Å². The van der Waals surface area contributed by atoms with Gasteiger partial charge in [0.2, 0.25) is 11.8 Å². The molecule has 5 heterocycles. The number of ether oxygens (including phenoxy) is 6. The minimum absolute atomic E-state index is 0.0218. The van der Waals surface area contributed by atoms with Crippen molar-refractivity contribution in [2.75, 3.05) is 45.9 Å². The lowest BCUT2D eigenvalue weighted by atomic mass is 9.80. The third kappa shape index (κ3) is 11.2. The number of methoxy groups -OCH3 is 2. The zero-order valence-corrected chi connectivity index (χ0v) is 46.4. The molecule has 0 spiro atoms. The highest BCUT2D eigenvalue weighted by atomic mass is 31.2. The predicted molar refractivity (Wildman–Crippen MR) is 304 cm³/mol. The number of hydrogen-bond acceptors (Lipinski definition) is 14. The Morgan fingerprint density at radius 1 is 0.787 bits per heavy atom. The molecule has 0 unspecified atom stereocenters. The summed E-state index contributed by atoms with van der Waals surface area (Å²) in [5.41, 5.74) is 1.33. The van der Waals surface area contributed by atoms with E-state index < -0.39 is 52.7 Å². The summed E-state index contributed by atoms with van der Waals surface area (Å²) in [7, 11) is -0.997. The number of carbonyl (C=O) groups is 1. The number of carbonyl (C=O) groups excluding carboxylic acids is 1. The first-order valence-electron chi connectivity index (χ1n) is 26.7. The maximum Gasteiger partial charge on any atom is 0.264 e. The Hall–Kier alpha value is -7.59. The van der Waals surface area contributed by atoms with Gasteiger partial charge >= 0.3 is 0 Å². The summed E-state index contributed by atoms with van der Waals surface area (Å²) in [4.78, 5) is 27.2. The van der Waals surface area contributed by atoms with Gasteiger partial charge in [0.05, 0.1) is 45.7 Å². The molecule has 6 aromatic carbocycles. The van der Waals surface area contributed by atoms with E-state index in [0.717, 1.165) is 42.1 Å². The molecule has 410 valence electrons. The SMILES string of the molecule is COc1ccc(C(OC[C@H]2O[C@@H](n3cnc4c(OCCC#N)nc(NC(=O)COc5ccccc5)nc43)[C@H](F)[C@@H]2O[P@@]2O[C@@H](C[Si](C)(c3ccccc3)c3ccccc3)[C@H]3CCCN32)(c2ccccc2)c2ccc(OC)cc2)cc1. The van der Waals surface area contributed by atoms with Crippen LogP contribution >= 0.6 is 8.53 Å². The van der Waals surface area contributed by atoms with Crippen molar-refractivity contribution < 1.29 is 46.7 Å². The number of rotatable bonds is 22. The van der Waals surface area contributed by atoms with E-state index in [4.69, 9.17) is 42.5 Å². The van der Waals surface area contributed by atoms with Crippen LogP contribution < -0.4 is 34.6 Å². The van der Waals surface area contributed by atoms with E-state index in [1.54, 1.807) is 38.5 Å². The molecular formula is C61H61FN7O9PSi. The second kappa shape index (κ2) is 24.4. The molecule has 16 nitrogen and oxygen atoms in total. The van der Waals surface area contributed by atoms with Gasteiger partial charge in [-0.05, 0) is 72.0 Å². The molecule has 11 rings (SSSR count). The maximum atomic E-state index is 18.4. The number of fused-ring (bicyclic) bond motifs is 2. The number of para-hydroxylation sites is 1. The summed E-state index contributed by atoms with van der Waals surface area (Å²) in [6.07, 6.45) is -2.46. The minimum Gasteiger partial charge on any atom is -0.497 e. The van der Waals surface area contributed by atoms with Gasteiger partial charge in [-0.25, -0.2) is 14.0 Å². The number of hydrogen-bond donors (Lipinski definition) is 1. The molecule has 0 aliphatic carbocycles. The largest absolute Gasteiger partial charge is 0.497 e. The van der Waals surface area contributed by atoms with Crippen LogP contribution in [0.1, 0.15) is 42.2 Å². The van der Waals surface area contributed by atoms with Gasteiger partial charge in [-0.1, -0.05) is 150 Å². The Balaban J connectivity index is 0.969. The van der Waals surface area contributed by atoms with Gasteiger partial charge in [-0.15, -0.1) is 0 Å². The Kier molecular flexibility index (Phi) is 16.6. The van der Waals surface area contributed by atoms with Gasteiger partial charge in [0.15, 0.2) is 30.2 Å². The third-order valence-corrected chi connectivity index (χ3v) is 21.4. The van der Waals surface area contributed by atoms with Crippen molar-refractivity contribution in [2.45, 2.75) is 74.2 Å². The van der Waals surface area contributed by atoms with Gasteiger partial charge in [0, 0.05) is 12.6 Å². The molecule has 3 saturated heterocycles. The van der Waals surface area contributed by atoms with Crippen molar-refractivity contribution in [3.05, 3.63) is 193 Å². The van der Waals surface area contributed by atoms with E-state index in [-0.39, 0.29) is 61.4 Å². The van der Waals surface area contributed by atoms with Gasteiger partial charge in [0.1, 0.15) is 49.7 Å². The average Bonchev–Trinajstić information content (AvgIpc) is 4.44. The molecule has 0 bridgehead atoms. The molecule has 0 saturated carbocycles. The second-order valence-corrected chi connectivity index (χ2v) is 25.6. The molecule has 3 aliphatic heterocycles. The Bertz CT molecular complexity index is 3300. The zero-order valence-electron chi connectivity index (χ0n) is 44.5. The van der Waals surface area contributed by atoms with Crippen LogP contribution in [0, 0.1) is 11.3 Å². The molecule has 1 N–H and O–H groups in total. The highest BCUT2D eigenvalue weighted by molar-refractivity contribution is 7.45. The smallest absolute Gasteiger partial charge is 0.264 e. The predicted octanol–water partition coefficient (Wildman–Crippen LogP) is 9.77. The van der Waals surface area contributed by atoms with E-state index in [1.807, 2.05) is 97.1 Å². The first-order chi connectivity index (χ1) is 39.2. The van der Waals surface area contributed by atoms with Crippen molar-refractivity contribution in [3.63, 3.8) is 0 Å². The number of anilines is 1. The summed E-state index contributed by atoms with van der Waals surface area (Å²) >= 11 is 0. The lowest BCUT2D eigenvalue weighted by Crippen LogP contribution is -2.58. The van der Waals surface area contributed by atoms with Gasteiger partial charge in [-0.3, -0.25) is 14.7 Å². The number of nitriles is 1. The number of amides is 1. The van der Waals surface area contributed by atoms with E-state index in [9.17, 15) is 10.1 Å². The normalized spacial score (nSPS) is 21.0. The molecule has 80 heavy (non-hydrogen) atoms. The number of alkyl halides is 1. The Morgan fingerprint density at radius 3 is 2.00 bits per heavy atom. The monoisotopic (exact) mass is 1110 g/mol. The molecule has 2 aromatic heterocycles. The fraction of sp³-hybridized carbons (Fsp3) is 0.295. The molecule has 19 heteroatoms. The molecule has 7 atom stereocenters. The number of benzene rings is 6. The van der Waals surface area contributed by atoms with Gasteiger partial charge < -0.3 is 37.5 Å². The van der Waals surface area contributed by atoms with E-state index >= 15 is 4.39 Å². The summed E-state index contributed by atoms with van der Waals surface area (Å²) in [6.45, 7) is 2.57. The van der Waals surface area contributed by atoms with Gasteiger partial charge in [-0.2, -0.15) is 15.2 Å². The summed E-state index contributed by atoms with van der Waals surface area (Å²) in [5.74, 6) is 1.08.